The van der Waals surface area contributed by atoms with E-state index in [1.807, 2.05) is 0 Å². The van der Waals surface area contributed by atoms with Crippen LogP contribution in [0.3, 0.4) is 0 Å². The molecule has 0 aliphatic rings. The number of sulfonamides is 1. The zero-order valence-electron chi connectivity index (χ0n) is 14.4. The van der Waals surface area contributed by atoms with Gasteiger partial charge in [-0.2, -0.15) is 0 Å². The lowest BCUT2D eigenvalue weighted by atomic mass is 10.2. The highest BCUT2D eigenvalue weighted by molar-refractivity contribution is 8.01. The standard InChI is InChI=1S/C14H15ClN4O5S3/c1-19(27(3,22)23)8-4-5-10(15)9(6-8)12(21)16-13-17-18-14(26-13)25-7-11(20)24-2/h4-6H,7H2,1-3H3,(H,16,17,21). The molecule has 0 aliphatic heterocycles. The van der Waals surface area contributed by atoms with Crippen molar-refractivity contribution in [2.45, 2.75) is 4.34 Å². The number of esters is 1. The highest BCUT2D eigenvalue weighted by Crippen LogP contribution is 2.28. The van der Waals surface area contributed by atoms with Gasteiger partial charge in [0, 0.05) is 7.05 Å². The molecule has 9 nitrogen and oxygen atoms in total. The summed E-state index contributed by atoms with van der Waals surface area (Å²) in [6.07, 6.45) is 1.05. The lowest BCUT2D eigenvalue weighted by molar-refractivity contribution is -0.137. The highest BCUT2D eigenvalue weighted by atomic mass is 35.5. The van der Waals surface area contributed by atoms with Crippen molar-refractivity contribution in [1.82, 2.24) is 10.2 Å². The van der Waals surface area contributed by atoms with Crippen LogP contribution in [-0.4, -0.2) is 56.7 Å². The van der Waals surface area contributed by atoms with Crippen LogP contribution in [0.25, 0.3) is 0 Å². The van der Waals surface area contributed by atoms with Gasteiger partial charge < -0.3 is 4.74 Å². The molecule has 146 valence electrons. The Hall–Kier alpha value is -1.89. The minimum Gasteiger partial charge on any atom is -0.468 e. The number of anilines is 2. The van der Waals surface area contributed by atoms with Crippen LogP contribution in [0.15, 0.2) is 22.5 Å². The van der Waals surface area contributed by atoms with Gasteiger partial charge in [0.1, 0.15) is 0 Å². The zero-order chi connectivity index (χ0) is 20.2. The van der Waals surface area contributed by atoms with Gasteiger partial charge in [-0.3, -0.25) is 19.2 Å². The molecule has 1 N–H and O–H groups in total. The SMILES string of the molecule is COC(=O)CSc1nnc(NC(=O)c2cc(N(C)S(C)(=O)=O)ccc2Cl)s1. The number of hydrogen-bond donors (Lipinski definition) is 1. The number of ether oxygens (including phenoxy) is 1. The predicted molar refractivity (Wildman–Crippen MR) is 105 cm³/mol. The second-order valence-corrected chi connectivity index (χ2v) is 9.71. The molecule has 13 heteroatoms. The summed E-state index contributed by atoms with van der Waals surface area (Å²) in [6, 6.07) is 4.30. The summed E-state index contributed by atoms with van der Waals surface area (Å²) in [4.78, 5) is 23.6. The molecule has 0 saturated carbocycles. The number of rotatable bonds is 7. The largest absolute Gasteiger partial charge is 0.468 e. The van der Waals surface area contributed by atoms with Crippen molar-refractivity contribution in [2.24, 2.45) is 0 Å². The van der Waals surface area contributed by atoms with E-state index in [0.29, 0.717) is 10.0 Å². The summed E-state index contributed by atoms with van der Waals surface area (Å²) < 4.78 is 29.4. The third-order valence-electron chi connectivity index (χ3n) is 3.22. The summed E-state index contributed by atoms with van der Waals surface area (Å²) in [5.74, 6) is -0.895. The van der Waals surface area contributed by atoms with Crippen molar-refractivity contribution in [3.05, 3.63) is 28.8 Å². The Balaban J connectivity index is 2.14. The van der Waals surface area contributed by atoms with Crippen molar-refractivity contribution < 1.29 is 22.7 Å². The van der Waals surface area contributed by atoms with Crippen LogP contribution < -0.4 is 9.62 Å². The first-order valence-corrected chi connectivity index (χ1v) is 11.2. The van der Waals surface area contributed by atoms with Gasteiger partial charge in [-0.05, 0) is 18.2 Å². The second-order valence-electron chi connectivity index (χ2n) is 5.09. The first-order chi connectivity index (χ1) is 12.6. The lowest BCUT2D eigenvalue weighted by Crippen LogP contribution is -2.25. The number of hydrogen-bond acceptors (Lipinski definition) is 9. The number of nitrogens with zero attached hydrogens (tertiary/aromatic N) is 3. The van der Waals surface area contributed by atoms with Crippen LogP contribution in [0, 0.1) is 0 Å². The Labute approximate surface area is 169 Å². The van der Waals surface area contributed by atoms with Crippen molar-refractivity contribution in [2.75, 3.05) is 35.8 Å². The van der Waals surface area contributed by atoms with E-state index in [2.05, 4.69) is 20.3 Å². The van der Waals surface area contributed by atoms with Crippen molar-refractivity contribution >= 4 is 67.4 Å². The molecule has 0 saturated heterocycles. The van der Waals surface area contributed by atoms with Gasteiger partial charge in [0.15, 0.2) is 4.34 Å². The molecule has 0 radical (unpaired) electrons. The Kier molecular flexibility index (Phi) is 7.03. The molecular weight excluding hydrogens is 436 g/mol. The molecule has 0 unspecified atom stereocenters. The Morgan fingerprint density at radius 1 is 1.37 bits per heavy atom. The maximum atomic E-state index is 12.5. The average Bonchev–Trinajstić information content (AvgIpc) is 3.05. The maximum Gasteiger partial charge on any atom is 0.316 e. The fourth-order valence-electron chi connectivity index (χ4n) is 1.74. The number of carbonyl (C=O) groups excluding carboxylic acids is 2. The van der Waals surface area contributed by atoms with E-state index >= 15 is 0 Å². The molecule has 0 atom stereocenters. The molecule has 1 aromatic carbocycles. The molecular formula is C14H15ClN4O5S3. The average molecular weight is 451 g/mol. The number of carbonyl (C=O) groups is 2. The molecule has 27 heavy (non-hydrogen) atoms. The van der Waals surface area contributed by atoms with Crippen LogP contribution in [0.1, 0.15) is 10.4 Å². The van der Waals surface area contributed by atoms with Gasteiger partial charge >= 0.3 is 5.97 Å². The minimum atomic E-state index is -3.48. The fraction of sp³-hybridized carbons (Fsp3) is 0.286. The third kappa shape index (κ3) is 5.79. The fourth-order valence-corrected chi connectivity index (χ4v) is 4.02. The van der Waals surface area contributed by atoms with Crippen molar-refractivity contribution in [3.63, 3.8) is 0 Å². The van der Waals surface area contributed by atoms with Gasteiger partial charge in [-0.25, -0.2) is 8.42 Å². The molecule has 0 aliphatic carbocycles. The van der Waals surface area contributed by atoms with Gasteiger partial charge in [-0.15, -0.1) is 10.2 Å². The molecule has 1 aromatic heterocycles. The summed E-state index contributed by atoms with van der Waals surface area (Å²) in [6.45, 7) is 0. The van der Waals surface area contributed by atoms with E-state index in [0.717, 1.165) is 33.7 Å². The third-order valence-corrected chi connectivity index (χ3v) is 6.70. The Morgan fingerprint density at radius 2 is 2.07 bits per heavy atom. The van der Waals surface area contributed by atoms with E-state index in [1.54, 1.807) is 0 Å². The van der Waals surface area contributed by atoms with Crippen LogP contribution in [0.5, 0.6) is 0 Å². The Bertz CT molecular complexity index is 963. The highest BCUT2D eigenvalue weighted by Gasteiger charge is 2.18. The van der Waals surface area contributed by atoms with Gasteiger partial charge in [-0.1, -0.05) is 34.7 Å². The van der Waals surface area contributed by atoms with Crippen LogP contribution in [-0.2, 0) is 19.6 Å². The summed E-state index contributed by atoms with van der Waals surface area (Å²) in [5, 5.41) is 10.6. The summed E-state index contributed by atoms with van der Waals surface area (Å²) in [5.41, 5.74) is 0.377. The topological polar surface area (TPSA) is 119 Å². The van der Waals surface area contributed by atoms with Gasteiger partial charge in [0.2, 0.25) is 15.2 Å². The number of benzene rings is 1. The molecule has 2 aromatic rings. The normalized spacial score (nSPS) is 11.1. The van der Waals surface area contributed by atoms with E-state index in [4.69, 9.17) is 11.6 Å². The Morgan fingerprint density at radius 3 is 2.70 bits per heavy atom. The number of amides is 1. The lowest BCUT2D eigenvalue weighted by Gasteiger charge is -2.17. The van der Waals surface area contributed by atoms with E-state index in [-0.39, 0.29) is 21.5 Å². The van der Waals surface area contributed by atoms with Crippen molar-refractivity contribution in [3.8, 4) is 0 Å². The monoisotopic (exact) mass is 450 g/mol. The molecule has 1 heterocycles. The first-order valence-electron chi connectivity index (χ1n) is 7.19. The molecule has 1 amide bonds. The van der Waals surface area contributed by atoms with Crippen LogP contribution in [0.2, 0.25) is 5.02 Å². The summed E-state index contributed by atoms with van der Waals surface area (Å²) in [7, 11) is -0.828. The number of thioether (sulfide) groups is 1. The van der Waals surface area contributed by atoms with E-state index < -0.39 is 21.9 Å². The molecule has 0 spiro atoms. The molecule has 0 fully saturated rings. The number of halogens is 1. The number of nitrogens with one attached hydrogen (secondary N) is 1. The van der Waals surface area contributed by atoms with E-state index in [1.165, 1.54) is 32.4 Å². The predicted octanol–water partition coefficient (Wildman–Crippen LogP) is 2.10. The quantitative estimate of drug-likeness (QED) is 0.387. The smallest absolute Gasteiger partial charge is 0.316 e. The second kappa shape index (κ2) is 8.87. The first kappa shape index (κ1) is 21.4. The maximum absolute atomic E-state index is 12.5. The van der Waals surface area contributed by atoms with Crippen LogP contribution in [0.4, 0.5) is 10.8 Å². The number of aromatic nitrogens is 2. The van der Waals surface area contributed by atoms with E-state index in [9.17, 15) is 18.0 Å². The summed E-state index contributed by atoms with van der Waals surface area (Å²) >= 11 is 8.27. The van der Waals surface area contributed by atoms with Crippen molar-refractivity contribution in [1.29, 1.82) is 0 Å². The zero-order valence-corrected chi connectivity index (χ0v) is 17.6. The van der Waals surface area contributed by atoms with Gasteiger partial charge in [0.25, 0.3) is 5.91 Å². The number of methoxy groups -OCH3 is 1. The molecule has 0 bridgehead atoms. The van der Waals surface area contributed by atoms with Crippen LogP contribution >= 0.6 is 34.7 Å². The molecule has 2 rings (SSSR count). The minimum absolute atomic E-state index is 0.0742. The van der Waals surface area contributed by atoms with Gasteiger partial charge in [0.05, 0.1) is 35.4 Å².